The van der Waals surface area contributed by atoms with Crippen LogP contribution in [0.3, 0.4) is 0 Å². The molecule has 2 heterocycles. The molecule has 0 amide bonds. The van der Waals surface area contributed by atoms with Crippen LogP contribution < -0.4 is 20.6 Å². The summed E-state index contributed by atoms with van der Waals surface area (Å²) in [5.74, 6) is 0.0343. The van der Waals surface area contributed by atoms with Crippen LogP contribution in [0.5, 0.6) is 5.75 Å². The van der Waals surface area contributed by atoms with Crippen LogP contribution in [0, 0.1) is 5.82 Å². The molecule has 1 saturated heterocycles. The zero-order chi connectivity index (χ0) is 19.0. The molecule has 1 aliphatic heterocycles. The lowest BCUT2D eigenvalue weighted by Crippen LogP contribution is -2.49. The van der Waals surface area contributed by atoms with E-state index < -0.39 is 11.4 Å². The van der Waals surface area contributed by atoms with Gasteiger partial charge in [-0.25, -0.2) is 9.18 Å². The maximum absolute atomic E-state index is 13.6. The van der Waals surface area contributed by atoms with E-state index >= 15 is 0 Å². The fourth-order valence-electron chi connectivity index (χ4n) is 3.49. The number of nitrogens with one attached hydrogen (secondary N) is 1. The second kappa shape index (κ2) is 7.04. The van der Waals surface area contributed by atoms with Gasteiger partial charge in [0, 0.05) is 36.9 Å². The number of methoxy groups -OCH3 is 1. The van der Waals surface area contributed by atoms with E-state index in [4.69, 9.17) is 9.15 Å². The van der Waals surface area contributed by atoms with Gasteiger partial charge in [0.2, 0.25) is 0 Å². The maximum atomic E-state index is 13.6. The highest BCUT2D eigenvalue weighted by molar-refractivity contribution is 5.87. The van der Waals surface area contributed by atoms with Gasteiger partial charge in [0.05, 0.1) is 12.5 Å². The van der Waals surface area contributed by atoms with Gasteiger partial charge in [-0.05, 0) is 48.7 Å². The van der Waals surface area contributed by atoms with Crippen LogP contribution in [-0.4, -0.2) is 32.8 Å². The highest BCUT2D eigenvalue weighted by Crippen LogP contribution is 2.29. The molecule has 0 aliphatic carbocycles. The first-order valence-corrected chi connectivity index (χ1v) is 8.95. The molecule has 1 aliphatic rings. The predicted molar refractivity (Wildman–Crippen MR) is 104 cm³/mol. The predicted octanol–water partition coefficient (Wildman–Crippen LogP) is 3.41. The van der Waals surface area contributed by atoms with E-state index in [2.05, 4.69) is 17.1 Å². The zero-order valence-corrected chi connectivity index (χ0v) is 15.3. The van der Waals surface area contributed by atoms with Crippen molar-refractivity contribution in [3.63, 3.8) is 0 Å². The molecule has 1 aromatic heterocycles. The Morgan fingerprint density at radius 3 is 2.85 bits per heavy atom. The number of nitrogens with zero attached hydrogens (tertiary/aromatic N) is 1. The normalized spacial score (nSPS) is 17.3. The molecule has 4 rings (SSSR count). The lowest BCUT2D eigenvalue weighted by molar-refractivity contribution is 0.386. The molecule has 0 spiro atoms. The minimum atomic E-state index is -0.459. The number of ether oxygens (including phenoxy) is 1. The number of benzene rings is 2. The third-order valence-electron chi connectivity index (χ3n) is 4.92. The van der Waals surface area contributed by atoms with Crippen molar-refractivity contribution in [1.29, 1.82) is 0 Å². The van der Waals surface area contributed by atoms with Crippen molar-refractivity contribution < 1.29 is 13.5 Å². The smallest absolute Gasteiger partial charge is 0.344 e. The van der Waals surface area contributed by atoms with Gasteiger partial charge in [0.25, 0.3) is 0 Å². The van der Waals surface area contributed by atoms with E-state index in [0.29, 0.717) is 22.8 Å². The van der Waals surface area contributed by atoms with Crippen LogP contribution in [0.1, 0.15) is 6.92 Å². The zero-order valence-electron chi connectivity index (χ0n) is 15.3. The molecule has 0 radical (unpaired) electrons. The fraction of sp³-hybridized carbons (Fsp3) is 0.286. The fourth-order valence-corrected chi connectivity index (χ4v) is 3.49. The summed E-state index contributed by atoms with van der Waals surface area (Å²) in [5, 5.41) is 4.74. The van der Waals surface area contributed by atoms with Gasteiger partial charge in [0.1, 0.15) is 5.76 Å². The Hall–Kier alpha value is -2.86. The molecular formula is C21H21FN2O3. The van der Waals surface area contributed by atoms with Crippen LogP contribution in [0.2, 0.25) is 0 Å². The van der Waals surface area contributed by atoms with Crippen molar-refractivity contribution in [2.75, 3.05) is 31.6 Å². The summed E-state index contributed by atoms with van der Waals surface area (Å²) < 4.78 is 24.2. The Balaban J connectivity index is 1.74. The molecule has 27 heavy (non-hydrogen) atoms. The van der Waals surface area contributed by atoms with E-state index in [9.17, 15) is 9.18 Å². The minimum absolute atomic E-state index is 0.110. The van der Waals surface area contributed by atoms with Crippen LogP contribution in [-0.2, 0) is 0 Å². The number of fused-ring (bicyclic) bond motifs is 1. The summed E-state index contributed by atoms with van der Waals surface area (Å²) >= 11 is 0. The van der Waals surface area contributed by atoms with Gasteiger partial charge in [-0.1, -0.05) is 6.07 Å². The lowest BCUT2D eigenvalue weighted by Gasteiger charge is -2.33. The second-order valence-electron chi connectivity index (χ2n) is 6.82. The van der Waals surface area contributed by atoms with Crippen molar-refractivity contribution >= 4 is 16.5 Å². The maximum Gasteiger partial charge on any atom is 0.344 e. The quantitative estimate of drug-likeness (QED) is 0.768. The van der Waals surface area contributed by atoms with Crippen molar-refractivity contribution in [1.82, 2.24) is 5.32 Å². The number of hydrogen-bond acceptors (Lipinski definition) is 5. The first-order valence-electron chi connectivity index (χ1n) is 8.95. The van der Waals surface area contributed by atoms with Gasteiger partial charge in [-0.2, -0.15) is 0 Å². The number of hydrogen-bond donors (Lipinski definition) is 1. The molecule has 0 saturated carbocycles. The standard InChI is InChI=1S/C21H21FN2O3/c1-13-12-24(8-7-23-13)16-5-3-14-9-19(27-21(25)17(14)11-16)15-4-6-18(22)20(10-15)26-2/h3-6,9-11,13,23H,7-8,12H2,1-2H3/t13-/m0/s1. The SMILES string of the molecule is COc1cc(-c2cc3ccc(N4CCN[C@@H](C)C4)cc3c(=O)o2)ccc1F. The lowest BCUT2D eigenvalue weighted by atomic mass is 10.1. The molecule has 1 N–H and O–H groups in total. The van der Waals surface area contributed by atoms with Crippen LogP contribution in [0.25, 0.3) is 22.1 Å². The first-order chi connectivity index (χ1) is 13.0. The molecule has 6 heteroatoms. The average molecular weight is 368 g/mol. The molecule has 1 fully saturated rings. The van der Waals surface area contributed by atoms with Crippen molar-refractivity contribution in [2.24, 2.45) is 0 Å². The molecule has 2 aromatic carbocycles. The van der Waals surface area contributed by atoms with Crippen molar-refractivity contribution in [3.8, 4) is 17.1 Å². The van der Waals surface area contributed by atoms with Crippen LogP contribution in [0.15, 0.2) is 51.7 Å². The summed E-state index contributed by atoms with van der Waals surface area (Å²) in [7, 11) is 1.40. The Morgan fingerprint density at radius 1 is 1.22 bits per heavy atom. The topological polar surface area (TPSA) is 54.7 Å². The number of halogens is 1. The molecule has 0 unspecified atom stereocenters. The Bertz CT molecular complexity index is 1050. The first kappa shape index (κ1) is 17.5. The van der Waals surface area contributed by atoms with Gasteiger partial charge in [-0.15, -0.1) is 0 Å². The van der Waals surface area contributed by atoms with Gasteiger partial charge in [-0.3, -0.25) is 0 Å². The average Bonchev–Trinajstić information content (AvgIpc) is 2.68. The van der Waals surface area contributed by atoms with E-state index in [0.717, 1.165) is 30.7 Å². The van der Waals surface area contributed by atoms with E-state index in [1.807, 2.05) is 18.2 Å². The van der Waals surface area contributed by atoms with Gasteiger partial charge >= 0.3 is 5.63 Å². The van der Waals surface area contributed by atoms with Crippen LogP contribution >= 0.6 is 0 Å². The number of rotatable bonds is 3. The summed E-state index contributed by atoms with van der Waals surface area (Å²) in [6, 6.07) is 12.4. The molecule has 3 aromatic rings. The van der Waals surface area contributed by atoms with E-state index in [-0.39, 0.29) is 5.75 Å². The molecule has 5 nitrogen and oxygen atoms in total. The molecule has 1 atom stereocenters. The Kier molecular flexibility index (Phi) is 4.58. The minimum Gasteiger partial charge on any atom is -0.494 e. The largest absolute Gasteiger partial charge is 0.494 e. The second-order valence-corrected chi connectivity index (χ2v) is 6.82. The van der Waals surface area contributed by atoms with Crippen molar-refractivity contribution in [3.05, 3.63) is 58.7 Å². The summed E-state index contributed by atoms with van der Waals surface area (Å²) in [6.45, 7) is 4.85. The van der Waals surface area contributed by atoms with Gasteiger partial charge in [0.15, 0.2) is 11.6 Å². The molecule has 0 bridgehead atoms. The van der Waals surface area contributed by atoms with Gasteiger partial charge < -0.3 is 19.4 Å². The van der Waals surface area contributed by atoms with E-state index in [1.165, 1.54) is 19.2 Å². The van der Waals surface area contributed by atoms with E-state index in [1.54, 1.807) is 12.1 Å². The molecular weight excluding hydrogens is 347 g/mol. The highest BCUT2D eigenvalue weighted by Gasteiger charge is 2.17. The highest BCUT2D eigenvalue weighted by atomic mass is 19.1. The monoisotopic (exact) mass is 368 g/mol. The summed E-state index contributed by atoms with van der Waals surface area (Å²) in [5.41, 5.74) is 1.20. The third kappa shape index (κ3) is 3.40. The number of anilines is 1. The third-order valence-corrected chi connectivity index (χ3v) is 4.92. The Morgan fingerprint density at radius 2 is 2.07 bits per heavy atom. The van der Waals surface area contributed by atoms with Crippen molar-refractivity contribution in [2.45, 2.75) is 13.0 Å². The summed E-state index contributed by atoms with van der Waals surface area (Å²) in [4.78, 5) is 14.9. The number of piperazine rings is 1. The summed E-state index contributed by atoms with van der Waals surface area (Å²) in [6.07, 6.45) is 0. The van der Waals surface area contributed by atoms with Crippen LogP contribution in [0.4, 0.5) is 10.1 Å². The molecule has 140 valence electrons. The Labute approximate surface area is 156 Å².